The van der Waals surface area contributed by atoms with E-state index in [2.05, 4.69) is 51.9 Å². The summed E-state index contributed by atoms with van der Waals surface area (Å²) in [5.41, 5.74) is 4.30. The number of ether oxygens (including phenoxy) is 1. The number of hydrogen-bond donors (Lipinski definition) is 1. The lowest BCUT2D eigenvalue weighted by atomic mass is 10.0. The summed E-state index contributed by atoms with van der Waals surface area (Å²) in [7, 11) is 1.63. The van der Waals surface area contributed by atoms with Gasteiger partial charge < -0.3 is 10.1 Å². The zero-order chi connectivity index (χ0) is 22.3. The first kappa shape index (κ1) is 21.6. The highest BCUT2D eigenvalue weighted by molar-refractivity contribution is 7.99. The zero-order valence-corrected chi connectivity index (χ0v) is 18.8. The van der Waals surface area contributed by atoms with Crippen LogP contribution in [0.25, 0.3) is 16.8 Å². The normalized spacial score (nSPS) is 11.7. The Morgan fingerprint density at radius 1 is 1.00 bits per heavy atom. The summed E-state index contributed by atoms with van der Waals surface area (Å²) < 4.78 is 7.05. The Kier molecular flexibility index (Phi) is 6.87. The predicted molar refractivity (Wildman–Crippen MR) is 127 cm³/mol. The maximum Gasteiger partial charge on any atom is 0.230 e. The number of carbonyl (C=O) groups is 1. The molecule has 0 saturated carbocycles. The third-order valence-corrected chi connectivity index (χ3v) is 6.04. The number of nitrogens with one attached hydrogen (secondary N) is 1. The largest absolute Gasteiger partial charge is 0.497 e. The topological polar surface area (TPSA) is 69.0 Å². The fourth-order valence-corrected chi connectivity index (χ4v) is 4.07. The highest BCUT2D eigenvalue weighted by Gasteiger charge is 2.13. The summed E-state index contributed by atoms with van der Waals surface area (Å²) in [5, 5.41) is 11.9. The van der Waals surface area contributed by atoms with E-state index in [1.807, 2.05) is 54.0 Å². The third-order valence-electron chi connectivity index (χ3n) is 5.09. The molecule has 0 radical (unpaired) electrons. The van der Waals surface area contributed by atoms with Crippen LogP contribution in [-0.2, 0) is 4.79 Å². The number of nitrogens with zero attached hydrogens (tertiary/aromatic N) is 3. The van der Waals surface area contributed by atoms with Crippen LogP contribution in [-0.4, -0.2) is 33.5 Å². The molecule has 1 amide bonds. The Balaban J connectivity index is 1.34. The average Bonchev–Trinajstić information content (AvgIpc) is 3.32. The molecule has 162 valence electrons. The molecule has 0 bridgehead atoms. The van der Waals surface area contributed by atoms with Crippen molar-refractivity contribution in [1.29, 1.82) is 0 Å². The first-order chi connectivity index (χ1) is 15.6. The monoisotopic (exact) mass is 444 g/mol. The van der Waals surface area contributed by atoms with Crippen molar-refractivity contribution in [2.75, 3.05) is 12.9 Å². The number of rotatable bonds is 8. The van der Waals surface area contributed by atoms with Crippen molar-refractivity contribution >= 4 is 17.7 Å². The molecule has 1 unspecified atom stereocenters. The van der Waals surface area contributed by atoms with E-state index < -0.39 is 0 Å². The second-order valence-corrected chi connectivity index (χ2v) is 8.19. The van der Waals surface area contributed by atoms with Crippen molar-refractivity contribution in [2.24, 2.45) is 0 Å². The molecule has 0 saturated heterocycles. The van der Waals surface area contributed by atoms with Crippen LogP contribution in [0.2, 0.25) is 0 Å². The molecule has 0 aliphatic heterocycles. The van der Waals surface area contributed by atoms with E-state index in [9.17, 15) is 4.79 Å². The molecule has 1 N–H and O–H groups in total. The molecule has 4 aromatic rings. The fraction of sp³-hybridized carbons (Fsp3) is 0.160. The molecule has 4 rings (SSSR count). The molecule has 0 aliphatic rings. The Morgan fingerprint density at radius 2 is 1.69 bits per heavy atom. The van der Waals surface area contributed by atoms with Gasteiger partial charge in [0.1, 0.15) is 12.1 Å². The first-order valence-electron chi connectivity index (χ1n) is 10.3. The van der Waals surface area contributed by atoms with Gasteiger partial charge in [0.15, 0.2) is 5.16 Å². The van der Waals surface area contributed by atoms with Crippen LogP contribution in [0.5, 0.6) is 5.75 Å². The summed E-state index contributed by atoms with van der Waals surface area (Å²) in [6.07, 6.45) is 1.64. The minimum Gasteiger partial charge on any atom is -0.497 e. The van der Waals surface area contributed by atoms with Crippen LogP contribution >= 0.6 is 11.8 Å². The van der Waals surface area contributed by atoms with Crippen molar-refractivity contribution in [3.05, 3.63) is 90.8 Å². The SMILES string of the molecule is COc1ccc(-n2cnnc2SCC(=O)NC(C)c2ccc(-c3ccccc3)cc2)cc1. The Hall–Kier alpha value is -3.58. The summed E-state index contributed by atoms with van der Waals surface area (Å²) >= 11 is 1.35. The molecule has 3 aromatic carbocycles. The first-order valence-corrected chi connectivity index (χ1v) is 11.2. The zero-order valence-electron chi connectivity index (χ0n) is 17.9. The van der Waals surface area contributed by atoms with Crippen LogP contribution in [0.4, 0.5) is 0 Å². The van der Waals surface area contributed by atoms with E-state index in [0.29, 0.717) is 5.16 Å². The minimum atomic E-state index is -0.0904. The van der Waals surface area contributed by atoms with Crippen LogP contribution in [0.1, 0.15) is 18.5 Å². The minimum absolute atomic E-state index is 0.0566. The lowest BCUT2D eigenvalue weighted by Gasteiger charge is -2.15. The molecule has 6 nitrogen and oxygen atoms in total. The lowest BCUT2D eigenvalue weighted by Crippen LogP contribution is -2.28. The van der Waals surface area contributed by atoms with Gasteiger partial charge in [-0.05, 0) is 47.9 Å². The van der Waals surface area contributed by atoms with Crippen molar-refractivity contribution in [2.45, 2.75) is 18.1 Å². The Labute approximate surface area is 191 Å². The second kappa shape index (κ2) is 10.2. The molecule has 1 aromatic heterocycles. The second-order valence-electron chi connectivity index (χ2n) is 7.25. The number of amides is 1. The highest BCUT2D eigenvalue weighted by atomic mass is 32.2. The van der Waals surface area contributed by atoms with Crippen molar-refractivity contribution in [3.8, 4) is 22.6 Å². The number of carbonyl (C=O) groups excluding carboxylic acids is 1. The van der Waals surface area contributed by atoms with Gasteiger partial charge >= 0.3 is 0 Å². The Morgan fingerprint density at radius 3 is 2.38 bits per heavy atom. The summed E-state index contributed by atoms with van der Waals surface area (Å²) in [6.45, 7) is 1.99. The van der Waals surface area contributed by atoms with Gasteiger partial charge in [-0.1, -0.05) is 66.4 Å². The van der Waals surface area contributed by atoms with E-state index in [4.69, 9.17) is 4.74 Å². The van der Waals surface area contributed by atoms with Crippen LogP contribution in [0.3, 0.4) is 0 Å². The molecule has 1 atom stereocenters. The molecular formula is C25H24N4O2S. The number of hydrogen-bond acceptors (Lipinski definition) is 5. The average molecular weight is 445 g/mol. The summed E-state index contributed by atoms with van der Waals surface area (Å²) in [6, 6.07) is 26.0. The molecule has 7 heteroatoms. The molecule has 0 aliphatic carbocycles. The highest BCUT2D eigenvalue weighted by Crippen LogP contribution is 2.23. The quantitative estimate of drug-likeness (QED) is 0.391. The molecule has 0 fully saturated rings. The van der Waals surface area contributed by atoms with Gasteiger partial charge in [-0.15, -0.1) is 10.2 Å². The number of benzene rings is 3. The van der Waals surface area contributed by atoms with E-state index in [1.54, 1.807) is 13.4 Å². The van der Waals surface area contributed by atoms with Crippen LogP contribution in [0.15, 0.2) is 90.3 Å². The molecule has 32 heavy (non-hydrogen) atoms. The van der Waals surface area contributed by atoms with Gasteiger partial charge in [0, 0.05) is 5.69 Å². The third kappa shape index (κ3) is 5.18. The van der Waals surface area contributed by atoms with E-state index in [1.165, 1.54) is 17.3 Å². The maximum atomic E-state index is 12.5. The molecule has 1 heterocycles. The van der Waals surface area contributed by atoms with Gasteiger partial charge in [0.2, 0.25) is 5.91 Å². The van der Waals surface area contributed by atoms with Gasteiger partial charge in [-0.3, -0.25) is 9.36 Å². The van der Waals surface area contributed by atoms with E-state index >= 15 is 0 Å². The van der Waals surface area contributed by atoms with Crippen LogP contribution in [0, 0.1) is 0 Å². The van der Waals surface area contributed by atoms with Gasteiger partial charge in [-0.25, -0.2) is 0 Å². The van der Waals surface area contributed by atoms with Crippen LogP contribution < -0.4 is 10.1 Å². The standard InChI is InChI=1S/C25H24N4O2S/c1-18(19-8-10-21(11-9-19)20-6-4-3-5-7-20)27-24(30)16-32-25-28-26-17-29(25)22-12-14-23(31-2)15-13-22/h3-15,17-18H,16H2,1-2H3,(H,27,30). The van der Waals surface area contributed by atoms with E-state index in [-0.39, 0.29) is 17.7 Å². The summed E-state index contributed by atoms with van der Waals surface area (Å²) in [4.78, 5) is 12.5. The van der Waals surface area contributed by atoms with Crippen molar-refractivity contribution in [3.63, 3.8) is 0 Å². The van der Waals surface area contributed by atoms with Gasteiger partial charge in [0.05, 0.1) is 18.9 Å². The summed E-state index contributed by atoms with van der Waals surface area (Å²) in [5.74, 6) is 0.974. The number of methoxy groups -OCH3 is 1. The number of thioether (sulfide) groups is 1. The fourth-order valence-electron chi connectivity index (χ4n) is 3.33. The Bertz CT molecular complexity index is 1160. The van der Waals surface area contributed by atoms with Gasteiger partial charge in [0.25, 0.3) is 0 Å². The van der Waals surface area contributed by atoms with E-state index in [0.717, 1.165) is 22.6 Å². The predicted octanol–water partition coefficient (Wildman–Crippen LogP) is 4.91. The van der Waals surface area contributed by atoms with Crippen molar-refractivity contribution < 1.29 is 9.53 Å². The lowest BCUT2D eigenvalue weighted by molar-refractivity contribution is -0.119. The maximum absolute atomic E-state index is 12.5. The van der Waals surface area contributed by atoms with Crippen molar-refractivity contribution in [1.82, 2.24) is 20.1 Å². The molecular weight excluding hydrogens is 420 g/mol. The number of aromatic nitrogens is 3. The van der Waals surface area contributed by atoms with Gasteiger partial charge in [-0.2, -0.15) is 0 Å². The molecule has 0 spiro atoms. The smallest absolute Gasteiger partial charge is 0.230 e.